The Morgan fingerprint density at radius 1 is 1.12 bits per heavy atom. The number of rotatable bonds is 10. The van der Waals surface area contributed by atoms with Gasteiger partial charge in [-0.1, -0.05) is 51.9 Å². The van der Waals surface area contributed by atoms with E-state index in [9.17, 15) is 4.79 Å². The molecular weight excluding hydrogens is 216 g/mol. The molecule has 0 saturated carbocycles. The van der Waals surface area contributed by atoms with E-state index in [1.165, 1.54) is 44.9 Å². The van der Waals surface area contributed by atoms with Gasteiger partial charge in [0.15, 0.2) is 6.10 Å². The van der Waals surface area contributed by atoms with Crippen molar-refractivity contribution in [2.45, 2.75) is 70.8 Å². The van der Waals surface area contributed by atoms with E-state index in [0.29, 0.717) is 13.2 Å². The summed E-state index contributed by atoms with van der Waals surface area (Å²) < 4.78 is 10.3. The van der Waals surface area contributed by atoms with Gasteiger partial charge in [0.25, 0.3) is 0 Å². The van der Waals surface area contributed by atoms with Crippen LogP contribution in [-0.4, -0.2) is 25.3 Å². The summed E-state index contributed by atoms with van der Waals surface area (Å²) in [6.07, 6.45) is 10.8. The highest BCUT2D eigenvalue weighted by atomic mass is 16.6. The van der Waals surface area contributed by atoms with Gasteiger partial charge in [-0.15, -0.1) is 0 Å². The highest BCUT2D eigenvalue weighted by Crippen LogP contribution is 2.12. The quantitative estimate of drug-likeness (QED) is 0.435. The predicted octanol–water partition coefficient (Wildman–Crippen LogP) is 3.46. The van der Waals surface area contributed by atoms with E-state index in [4.69, 9.17) is 9.47 Å². The molecule has 0 amide bonds. The number of hydrogen-bond donors (Lipinski definition) is 0. The summed E-state index contributed by atoms with van der Waals surface area (Å²) in [5.41, 5.74) is 0. The predicted molar refractivity (Wildman–Crippen MR) is 67.9 cm³/mol. The zero-order valence-corrected chi connectivity index (χ0v) is 11.1. The second-order valence-electron chi connectivity index (χ2n) is 4.79. The SMILES string of the molecule is CCCCCCCCCCOC1CCOC1=O. The molecule has 0 bridgehead atoms. The molecule has 1 heterocycles. The van der Waals surface area contributed by atoms with Gasteiger partial charge in [0.2, 0.25) is 0 Å². The van der Waals surface area contributed by atoms with Crippen molar-refractivity contribution in [2.75, 3.05) is 13.2 Å². The van der Waals surface area contributed by atoms with Crippen molar-refractivity contribution >= 4 is 5.97 Å². The number of carbonyl (C=O) groups excluding carboxylic acids is 1. The number of cyclic esters (lactones) is 1. The van der Waals surface area contributed by atoms with Gasteiger partial charge >= 0.3 is 5.97 Å². The second kappa shape index (κ2) is 9.46. The van der Waals surface area contributed by atoms with Crippen LogP contribution in [0.4, 0.5) is 0 Å². The number of ether oxygens (including phenoxy) is 2. The van der Waals surface area contributed by atoms with Gasteiger partial charge in [-0.25, -0.2) is 4.79 Å². The molecule has 0 spiro atoms. The average Bonchev–Trinajstić information content (AvgIpc) is 2.73. The fourth-order valence-corrected chi connectivity index (χ4v) is 2.09. The van der Waals surface area contributed by atoms with Crippen molar-refractivity contribution in [3.63, 3.8) is 0 Å². The zero-order valence-electron chi connectivity index (χ0n) is 11.1. The Morgan fingerprint density at radius 3 is 2.35 bits per heavy atom. The molecule has 0 aromatic heterocycles. The first-order chi connectivity index (χ1) is 8.34. The van der Waals surface area contributed by atoms with Crippen LogP contribution in [0.2, 0.25) is 0 Å². The van der Waals surface area contributed by atoms with E-state index in [2.05, 4.69) is 6.92 Å². The Labute approximate surface area is 105 Å². The molecule has 3 nitrogen and oxygen atoms in total. The van der Waals surface area contributed by atoms with Gasteiger partial charge < -0.3 is 9.47 Å². The summed E-state index contributed by atoms with van der Waals surface area (Å²) in [4.78, 5) is 11.1. The number of carbonyl (C=O) groups is 1. The molecule has 1 rings (SSSR count). The average molecular weight is 242 g/mol. The molecule has 100 valence electrons. The lowest BCUT2D eigenvalue weighted by Gasteiger charge is -2.07. The highest BCUT2D eigenvalue weighted by Gasteiger charge is 2.26. The van der Waals surface area contributed by atoms with Crippen molar-refractivity contribution in [1.82, 2.24) is 0 Å². The minimum Gasteiger partial charge on any atom is -0.464 e. The van der Waals surface area contributed by atoms with Gasteiger partial charge in [0.1, 0.15) is 0 Å². The van der Waals surface area contributed by atoms with E-state index in [-0.39, 0.29) is 12.1 Å². The van der Waals surface area contributed by atoms with Crippen LogP contribution in [0, 0.1) is 0 Å². The summed E-state index contributed by atoms with van der Waals surface area (Å²) in [5.74, 6) is -0.176. The number of unbranched alkanes of at least 4 members (excludes halogenated alkanes) is 7. The summed E-state index contributed by atoms with van der Waals surface area (Å²) >= 11 is 0. The molecule has 0 aromatic carbocycles. The van der Waals surface area contributed by atoms with Crippen LogP contribution in [0.1, 0.15) is 64.7 Å². The minimum atomic E-state index is -0.278. The van der Waals surface area contributed by atoms with Gasteiger partial charge in [0.05, 0.1) is 6.61 Å². The van der Waals surface area contributed by atoms with Crippen molar-refractivity contribution in [1.29, 1.82) is 0 Å². The standard InChI is InChI=1S/C14H26O3/c1-2-3-4-5-6-7-8-9-11-16-13-10-12-17-14(13)15/h13H,2-12H2,1H3. The molecule has 0 aliphatic carbocycles. The van der Waals surface area contributed by atoms with Crippen LogP contribution >= 0.6 is 0 Å². The lowest BCUT2D eigenvalue weighted by Crippen LogP contribution is -2.18. The Hall–Kier alpha value is -0.570. The maximum Gasteiger partial charge on any atom is 0.335 e. The molecule has 17 heavy (non-hydrogen) atoms. The Kier molecular flexibility index (Phi) is 8.06. The maximum absolute atomic E-state index is 11.1. The van der Waals surface area contributed by atoms with E-state index in [1.807, 2.05) is 0 Å². The summed E-state index contributed by atoms with van der Waals surface area (Å²) in [6.45, 7) is 3.47. The molecule has 0 aromatic rings. The summed E-state index contributed by atoms with van der Waals surface area (Å²) in [7, 11) is 0. The van der Waals surface area contributed by atoms with E-state index in [0.717, 1.165) is 12.8 Å². The van der Waals surface area contributed by atoms with Crippen LogP contribution in [0.5, 0.6) is 0 Å². The first-order valence-electron chi connectivity index (χ1n) is 7.13. The smallest absolute Gasteiger partial charge is 0.335 e. The normalized spacial score (nSPS) is 19.6. The first kappa shape index (κ1) is 14.5. The van der Waals surface area contributed by atoms with Gasteiger partial charge in [-0.05, 0) is 6.42 Å². The monoisotopic (exact) mass is 242 g/mol. The second-order valence-corrected chi connectivity index (χ2v) is 4.79. The van der Waals surface area contributed by atoms with Crippen LogP contribution in [0.25, 0.3) is 0 Å². The first-order valence-corrected chi connectivity index (χ1v) is 7.13. The maximum atomic E-state index is 11.1. The Morgan fingerprint density at radius 2 is 1.76 bits per heavy atom. The molecule has 0 radical (unpaired) electrons. The molecule has 1 aliphatic heterocycles. The van der Waals surface area contributed by atoms with Gasteiger partial charge in [-0.3, -0.25) is 0 Å². The number of hydrogen-bond acceptors (Lipinski definition) is 3. The third-order valence-electron chi connectivity index (χ3n) is 3.20. The zero-order chi connectivity index (χ0) is 12.3. The molecule has 1 unspecified atom stereocenters. The lowest BCUT2D eigenvalue weighted by molar-refractivity contribution is -0.147. The summed E-state index contributed by atoms with van der Waals surface area (Å²) in [6, 6.07) is 0. The molecule has 1 aliphatic rings. The largest absolute Gasteiger partial charge is 0.464 e. The fourth-order valence-electron chi connectivity index (χ4n) is 2.09. The molecule has 1 saturated heterocycles. The highest BCUT2D eigenvalue weighted by molar-refractivity contribution is 5.76. The van der Waals surface area contributed by atoms with Crippen molar-refractivity contribution in [3.05, 3.63) is 0 Å². The molecule has 0 N–H and O–H groups in total. The van der Waals surface area contributed by atoms with E-state index < -0.39 is 0 Å². The summed E-state index contributed by atoms with van der Waals surface area (Å²) in [5, 5.41) is 0. The third kappa shape index (κ3) is 6.67. The third-order valence-corrected chi connectivity index (χ3v) is 3.20. The topological polar surface area (TPSA) is 35.5 Å². The van der Waals surface area contributed by atoms with E-state index in [1.54, 1.807) is 0 Å². The van der Waals surface area contributed by atoms with Crippen molar-refractivity contribution in [2.24, 2.45) is 0 Å². The van der Waals surface area contributed by atoms with Crippen molar-refractivity contribution in [3.8, 4) is 0 Å². The Bertz CT molecular complexity index is 204. The lowest BCUT2D eigenvalue weighted by atomic mass is 10.1. The van der Waals surface area contributed by atoms with Crippen LogP contribution in [0.3, 0.4) is 0 Å². The van der Waals surface area contributed by atoms with Crippen LogP contribution < -0.4 is 0 Å². The molecular formula is C14H26O3. The molecule has 3 heteroatoms. The van der Waals surface area contributed by atoms with Crippen LogP contribution in [0.15, 0.2) is 0 Å². The van der Waals surface area contributed by atoms with Gasteiger partial charge in [0, 0.05) is 13.0 Å². The Balaban J connectivity index is 1.80. The van der Waals surface area contributed by atoms with Crippen LogP contribution in [-0.2, 0) is 14.3 Å². The molecule has 1 atom stereocenters. The molecule has 1 fully saturated rings. The van der Waals surface area contributed by atoms with Gasteiger partial charge in [-0.2, -0.15) is 0 Å². The minimum absolute atomic E-state index is 0.176. The van der Waals surface area contributed by atoms with Crippen molar-refractivity contribution < 1.29 is 14.3 Å². The fraction of sp³-hybridized carbons (Fsp3) is 0.929. The van der Waals surface area contributed by atoms with E-state index >= 15 is 0 Å². The number of esters is 1.